The van der Waals surface area contributed by atoms with Gasteiger partial charge < -0.3 is 5.11 Å². The number of carboxylic acid groups (broad SMARTS) is 1. The van der Waals surface area contributed by atoms with Gasteiger partial charge in [-0.2, -0.15) is 13.2 Å². The van der Waals surface area contributed by atoms with Crippen LogP contribution in [0.1, 0.15) is 62.6 Å². The minimum atomic E-state index is -4.43. The van der Waals surface area contributed by atoms with E-state index in [-0.39, 0.29) is 5.56 Å². The van der Waals surface area contributed by atoms with Crippen LogP contribution in [0.3, 0.4) is 0 Å². The summed E-state index contributed by atoms with van der Waals surface area (Å²) in [6, 6.07) is 4.35. The molecule has 1 aromatic rings. The average Bonchev–Trinajstić information content (AvgIpc) is 2.55. The van der Waals surface area contributed by atoms with Crippen molar-refractivity contribution in [3.8, 4) is 0 Å². The molecule has 24 heavy (non-hydrogen) atoms. The van der Waals surface area contributed by atoms with Crippen LogP contribution in [0, 0.1) is 0 Å². The first kappa shape index (κ1) is 18.8. The Morgan fingerprint density at radius 3 is 2.67 bits per heavy atom. The van der Waals surface area contributed by atoms with E-state index in [9.17, 15) is 23.1 Å². The van der Waals surface area contributed by atoms with Crippen molar-refractivity contribution < 1.29 is 23.1 Å². The Kier molecular flexibility index (Phi) is 6.27. The van der Waals surface area contributed by atoms with Crippen molar-refractivity contribution in [1.29, 1.82) is 0 Å². The van der Waals surface area contributed by atoms with Gasteiger partial charge in [0.15, 0.2) is 0 Å². The van der Waals surface area contributed by atoms with Gasteiger partial charge in [0.1, 0.15) is 6.04 Å². The number of piperidine rings is 1. The zero-order chi connectivity index (χ0) is 17.7. The normalized spacial score (nSPS) is 20.8. The number of hydrogen-bond donors (Lipinski definition) is 1. The van der Waals surface area contributed by atoms with Crippen LogP contribution in [0.4, 0.5) is 13.2 Å². The number of likely N-dealkylation sites (tertiary alicyclic amines) is 1. The van der Waals surface area contributed by atoms with Crippen molar-refractivity contribution in [1.82, 2.24) is 4.90 Å². The van der Waals surface area contributed by atoms with Crippen molar-refractivity contribution in [2.45, 2.75) is 63.7 Å². The van der Waals surface area contributed by atoms with E-state index >= 15 is 0 Å². The molecule has 0 saturated carbocycles. The van der Waals surface area contributed by atoms with E-state index in [1.165, 1.54) is 12.1 Å². The molecule has 1 saturated heterocycles. The molecular weight excluding hydrogens is 319 g/mol. The predicted octanol–water partition coefficient (Wildman–Crippen LogP) is 4.88. The maximum atomic E-state index is 13.4. The fraction of sp³-hybridized carbons (Fsp3) is 0.611. The Hall–Kier alpha value is -1.56. The highest BCUT2D eigenvalue weighted by Gasteiger charge is 2.39. The summed E-state index contributed by atoms with van der Waals surface area (Å²) < 4.78 is 40.3. The smallest absolute Gasteiger partial charge is 0.416 e. The minimum absolute atomic E-state index is 0.201. The minimum Gasteiger partial charge on any atom is -0.480 e. The Morgan fingerprint density at radius 1 is 1.33 bits per heavy atom. The van der Waals surface area contributed by atoms with Crippen LogP contribution in [0.5, 0.6) is 0 Å². The summed E-state index contributed by atoms with van der Waals surface area (Å²) in [5.74, 6) is -0.944. The lowest BCUT2D eigenvalue weighted by Crippen LogP contribution is -2.46. The molecular formula is C18H24F3NO2. The van der Waals surface area contributed by atoms with E-state index in [0.29, 0.717) is 19.4 Å². The van der Waals surface area contributed by atoms with Gasteiger partial charge in [0.2, 0.25) is 0 Å². The lowest BCUT2D eigenvalue weighted by atomic mass is 9.90. The van der Waals surface area contributed by atoms with Crippen LogP contribution in [-0.4, -0.2) is 28.6 Å². The maximum Gasteiger partial charge on any atom is 0.416 e. The second kappa shape index (κ2) is 8.01. The first-order chi connectivity index (χ1) is 11.4. The Labute approximate surface area is 140 Å². The van der Waals surface area contributed by atoms with Crippen molar-refractivity contribution in [2.24, 2.45) is 0 Å². The van der Waals surface area contributed by atoms with Gasteiger partial charge in [0, 0.05) is 6.04 Å². The third kappa shape index (κ3) is 4.29. The molecule has 0 aromatic heterocycles. The summed E-state index contributed by atoms with van der Waals surface area (Å²) in [5.41, 5.74) is -0.451. The van der Waals surface area contributed by atoms with Crippen LogP contribution < -0.4 is 0 Å². The Balaban J connectivity index is 2.43. The van der Waals surface area contributed by atoms with Gasteiger partial charge in [-0.3, -0.25) is 9.69 Å². The zero-order valence-electron chi connectivity index (χ0n) is 13.9. The van der Waals surface area contributed by atoms with Crippen LogP contribution in [-0.2, 0) is 11.0 Å². The van der Waals surface area contributed by atoms with E-state index in [0.717, 1.165) is 31.7 Å². The summed E-state index contributed by atoms with van der Waals surface area (Å²) in [4.78, 5) is 13.4. The van der Waals surface area contributed by atoms with Crippen molar-refractivity contribution >= 4 is 5.97 Å². The third-order valence-electron chi connectivity index (χ3n) is 4.69. The highest BCUT2D eigenvalue weighted by Crippen LogP contribution is 2.40. The number of rotatable bonds is 6. The number of unbranched alkanes of at least 4 members (excludes halogenated alkanes) is 1. The molecule has 0 radical (unpaired) electrons. The monoisotopic (exact) mass is 343 g/mol. The summed E-state index contributed by atoms with van der Waals surface area (Å²) in [6.45, 7) is 2.51. The SMILES string of the molecule is CCCCC(c1ccccc1C(F)(F)F)N1CCCCC1C(=O)O. The van der Waals surface area contributed by atoms with Crippen LogP contribution in [0.2, 0.25) is 0 Å². The molecule has 1 aliphatic rings. The molecule has 134 valence electrons. The molecule has 1 heterocycles. The number of benzene rings is 1. The molecule has 1 fully saturated rings. The van der Waals surface area contributed by atoms with Crippen molar-refractivity contribution in [3.63, 3.8) is 0 Å². The second-order valence-electron chi connectivity index (χ2n) is 6.33. The molecule has 3 nitrogen and oxygen atoms in total. The summed E-state index contributed by atoms with van der Waals surface area (Å²) in [5, 5.41) is 9.50. The van der Waals surface area contributed by atoms with Crippen molar-refractivity contribution in [2.75, 3.05) is 6.54 Å². The zero-order valence-corrected chi connectivity index (χ0v) is 13.9. The standard InChI is InChI=1S/C18H24F3NO2/c1-2-3-10-15(22-12-7-6-11-16(22)17(23)24)13-8-4-5-9-14(13)18(19,20)21/h4-5,8-9,15-16H,2-3,6-7,10-12H2,1H3,(H,23,24). The van der Waals surface area contributed by atoms with Gasteiger partial charge in [-0.25, -0.2) is 0 Å². The highest BCUT2D eigenvalue weighted by atomic mass is 19.4. The third-order valence-corrected chi connectivity index (χ3v) is 4.69. The first-order valence-electron chi connectivity index (χ1n) is 8.51. The van der Waals surface area contributed by atoms with Gasteiger partial charge in [0.05, 0.1) is 5.56 Å². The number of alkyl halides is 3. The molecule has 0 spiro atoms. The number of aliphatic carboxylic acids is 1. The molecule has 6 heteroatoms. The molecule has 2 atom stereocenters. The van der Waals surface area contributed by atoms with Crippen LogP contribution >= 0.6 is 0 Å². The van der Waals surface area contributed by atoms with E-state index in [1.807, 2.05) is 6.92 Å². The predicted molar refractivity (Wildman–Crippen MR) is 85.7 cm³/mol. The molecule has 0 aliphatic carbocycles. The number of carbonyl (C=O) groups is 1. The molecule has 0 amide bonds. The quantitative estimate of drug-likeness (QED) is 0.800. The average molecular weight is 343 g/mol. The van der Waals surface area contributed by atoms with Gasteiger partial charge in [-0.15, -0.1) is 0 Å². The first-order valence-corrected chi connectivity index (χ1v) is 8.51. The molecule has 1 aromatic carbocycles. The van der Waals surface area contributed by atoms with Crippen molar-refractivity contribution in [3.05, 3.63) is 35.4 Å². The second-order valence-corrected chi connectivity index (χ2v) is 6.33. The lowest BCUT2D eigenvalue weighted by Gasteiger charge is -2.40. The van der Waals surface area contributed by atoms with E-state index in [4.69, 9.17) is 0 Å². The van der Waals surface area contributed by atoms with E-state index in [2.05, 4.69) is 0 Å². The molecule has 1 N–H and O–H groups in total. The molecule has 1 aliphatic heterocycles. The maximum absolute atomic E-state index is 13.4. The number of halogens is 3. The Morgan fingerprint density at radius 2 is 2.04 bits per heavy atom. The molecule has 2 rings (SSSR count). The van der Waals surface area contributed by atoms with Gasteiger partial charge in [0.25, 0.3) is 0 Å². The van der Waals surface area contributed by atoms with Gasteiger partial charge in [-0.05, 0) is 37.4 Å². The van der Waals surface area contributed by atoms with E-state index in [1.54, 1.807) is 11.0 Å². The Bertz CT molecular complexity index is 559. The van der Waals surface area contributed by atoms with E-state index < -0.39 is 29.8 Å². The summed E-state index contributed by atoms with van der Waals surface area (Å²) in [7, 11) is 0. The highest BCUT2D eigenvalue weighted by molar-refractivity contribution is 5.73. The molecule has 2 unspecified atom stereocenters. The fourth-order valence-electron chi connectivity index (χ4n) is 3.54. The van der Waals surface area contributed by atoms with Gasteiger partial charge in [-0.1, -0.05) is 44.4 Å². The van der Waals surface area contributed by atoms with Crippen LogP contribution in [0.15, 0.2) is 24.3 Å². The number of carboxylic acids is 1. The number of nitrogens with zero attached hydrogens (tertiary/aromatic N) is 1. The fourth-order valence-corrected chi connectivity index (χ4v) is 3.54. The topological polar surface area (TPSA) is 40.5 Å². The summed E-state index contributed by atoms with van der Waals surface area (Å²) >= 11 is 0. The van der Waals surface area contributed by atoms with Gasteiger partial charge >= 0.3 is 12.1 Å². The van der Waals surface area contributed by atoms with Crippen LogP contribution in [0.25, 0.3) is 0 Å². The summed E-state index contributed by atoms with van der Waals surface area (Å²) in [6.07, 6.45) is -0.166. The lowest BCUT2D eigenvalue weighted by molar-refractivity contribution is -0.146. The number of hydrogen-bond acceptors (Lipinski definition) is 2. The molecule has 0 bridgehead atoms. The largest absolute Gasteiger partial charge is 0.480 e.